The van der Waals surface area contributed by atoms with Gasteiger partial charge in [-0.3, -0.25) is 0 Å². The lowest BCUT2D eigenvalue weighted by Gasteiger charge is -2.05. The van der Waals surface area contributed by atoms with Gasteiger partial charge in [-0.05, 0) is 35.9 Å². The van der Waals surface area contributed by atoms with Crippen molar-refractivity contribution < 1.29 is 0 Å². The molecule has 0 saturated carbocycles. The van der Waals surface area contributed by atoms with E-state index >= 15 is 0 Å². The molecule has 4 aromatic rings. The van der Waals surface area contributed by atoms with Crippen LogP contribution in [0.25, 0.3) is 10.9 Å². The van der Waals surface area contributed by atoms with Crippen molar-refractivity contribution in [2.75, 3.05) is 0 Å². The molecule has 0 radical (unpaired) electrons. The Kier molecular flexibility index (Phi) is 4.33. The molecule has 4 rings (SSSR count). The number of nitrogens with zero attached hydrogens (tertiary/aromatic N) is 1. The second kappa shape index (κ2) is 6.76. The molecule has 0 fully saturated rings. The quantitative estimate of drug-likeness (QED) is 0.407. The van der Waals surface area contributed by atoms with E-state index in [-0.39, 0.29) is 0 Å². The summed E-state index contributed by atoms with van der Waals surface area (Å²) in [5, 5.41) is 1.97. The zero-order chi connectivity index (χ0) is 16.4. The van der Waals surface area contributed by atoms with E-state index in [1.807, 2.05) is 18.2 Å². The molecule has 0 bridgehead atoms. The Morgan fingerprint density at radius 1 is 0.833 bits per heavy atom. The van der Waals surface area contributed by atoms with Crippen LogP contribution in [0.5, 0.6) is 0 Å². The molecule has 3 heteroatoms. The van der Waals surface area contributed by atoms with Gasteiger partial charge in [0, 0.05) is 38.5 Å². The molecule has 0 unspecified atom stereocenters. The molecule has 118 valence electrons. The van der Waals surface area contributed by atoms with Gasteiger partial charge in [-0.1, -0.05) is 71.9 Å². The second-order valence-corrected chi connectivity index (χ2v) is 7.24. The third-order valence-electron chi connectivity index (χ3n) is 3.97. The minimum absolute atomic E-state index is 0.773. The van der Waals surface area contributed by atoms with E-state index in [9.17, 15) is 0 Å². The molecule has 1 nitrogen and oxygen atoms in total. The van der Waals surface area contributed by atoms with Gasteiger partial charge in [0.25, 0.3) is 0 Å². The molecular formula is C21H16ClNS. The number of fused-ring (bicyclic) bond motifs is 1. The van der Waals surface area contributed by atoms with Crippen molar-refractivity contribution in [3.05, 3.63) is 95.6 Å². The van der Waals surface area contributed by atoms with Crippen molar-refractivity contribution in [1.29, 1.82) is 0 Å². The number of aromatic nitrogens is 1. The van der Waals surface area contributed by atoms with Gasteiger partial charge in [-0.25, -0.2) is 0 Å². The Balaban J connectivity index is 1.77. The van der Waals surface area contributed by atoms with Crippen molar-refractivity contribution in [2.45, 2.75) is 16.3 Å². The van der Waals surface area contributed by atoms with Crippen LogP contribution in [0.2, 0.25) is 5.02 Å². The molecule has 0 amide bonds. The zero-order valence-corrected chi connectivity index (χ0v) is 14.6. The summed E-state index contributed by atoms with van der Waals surface area (Å²) in [5.74, 6) is 0. The summed E-state index contributed by atoms with van der Waals surface area (Å²) in [6.07, 6.45) is 2.23. The molecular weight excluding hydrogens is 334 g/mol. The highest BCUT2D eigenvalue weighted by atomic mass is 35.5. The molecule has 0 aliphatic rings. The predicted octanol–water partition coefficient (Wildman–Crippen LogP) is 6.49. The lowest BCUT2D eigenvalue weighted by Crippen LogP contribution is -1.97. The van der Waals surface area contributed by atoms with Crippen LogP contribution in [0.1, 0.15) is 5.56 Å². The smallest absolute Gasteiger partial charge is 0.0496 e. The molecule has 0 N–H and O–H groups in total. The third kappa shape index (κ3) is 3.21. The van der Waals surface area contributed by atoms with Gasteiger partial charge < -0.3 is 4.57 Å². The number of rotatable bonds is 4. The summed E-state index contributed by atoms with van der Waals surface area (Å²) in [5.41, 5.74) is 2.50. The lowest BCUT2D eigenvalue weighted by molar-refractivity contribution is 0.830. The van der Waals surface area contributed by atoms with E-state index < -0.39 is 0 Å². The Bertz CT molecular complexity index is 961. The largest absolute Gasteiger partial charge is 0.342 e. The van der Waals surface area contributed by atoms with Crippen LogP contribution in [-0.2, 0) is 6.54 Å². The van der Waals surface area contributed by atoms with Crippen LogP contribution in [0, 0.1) is 0 Å². The number of halogens is 1. The molecule has 1 aromatic heterocycles. The van der Waals surface area contributed by atoms with Gasteiger partial charge >= 0.3 is 0 Å². The van der Waals surface area contributed by atoms with E-state index in [0.29, 0.717) is 0 Å². The number of hydrogen-bond donors (Lipinski definition) is 0. The maximum Gasteiger partial charge on any atom is 0.0496 e. The van der Waals surface area contributed by atoms with Crippen LogP contribution in [0.4, 0.5) is 0 Å². The molecule has 24 heavy (non-hydrogen) atoms. The van der Waals surface area contributed by atoms with Crippen LogP contribution in [0.15, 0.2) is 94.9 Å². The fourth-order valence-electron chi connectivity index (χ4n) is 2.84. The first-order chi connectivity index (χ1) is 11.8. The van der Waals surface area contributed by atoms with Gasteiger partial charge in [-0.2, -0.15) is 0 Å². The van der Waals surface area contributed by atoms with Crippen molar-refractivity contribution in [1.82, 2.24) is 4.57 Å². The SMILES string of the molecule is Clc1ccc2c(c1)c(Sc1ccccc1)cn2Cc1ccccc1. The molecule has 1 heterocycles. The number of benzene rings is 3. The van der Waals surface area contributed by atoms with E-state index in [1.54, 1.807) is 11.8 Å². The van der Waals surface area contributed by atoms with E-state index in [2.05, 4.69) is 71.4 Å². The second-order valence-electron chi connectivity index (χ2n) is 5.68. The van der Waals surface area contributed by atoms with Gasteiger partial charge in [0.05, 0.1) is 0 Å². The Hall–Kier alpha value is -2.16. The van der Waals surface area contributed by atoms with Crippen LogP contribution in [-0.4, -0.2) is 4.57 Å². The summed E-state index contributed by atoms with van der Waals surface area (Å²) in [6, 6.07) is 27.1. The summed E-state index contributed by atoms with van der Waals surface area (Å²) < 4.78 is 2.30. The summed E-state index contributed by atoms with van der Waals surface area (Å²) in [4.78, 5) is 2.46. The minimum atomic E-state index is 0.773. The maximum atomic E-state index is 6.24. The van der Waals surface area contributed by atoms with Gasteiger partial charge in [0.1, 0.15) is 0 Å². The molecule has 0 saturated heterocycles. The monoisotopic (exact) mass is 349 g/mol. The first kappa shape index (κ1) is 15.4. The van der Waals surface area contributed by atoms with Crippen LogP contribution >= 0.6 is 23.4 Å². The van der Waals surface area contributed by atoms with Crippen molar-refractivity contribution in [3.8, 4) is 0 Å². The van der Waals surface area contributed by atoms with Gasteiger partial charge in [-0.15, -0.1) is 0 Å². The van der Waals surface area contributed by atoms with Crippen LogP contribution in [0.3, 0.4) is 0 Å². The van der Waals surface area contributed by atoms with Crippen molar-refractivity contribution in [2.24, 2.45) is 0 Å². The third-order valence-corrected chi connectivity index (χ3v) is 5.26. The standard InChI is InChI=1S/C21H16ClNS/c22-17-11-12-20-19(13-17)21(24-18-9-5-2-6-10-18)15-23(20)14-16-7-3-1-4-8-16/h1-13,15H,14H2. The highest BCUT2D eigenvalue weighted by molar-refractivity contribution is 7.99. The zero-order valence-electron chi connectivity index (χ0n) is 13.0. The highest BCUT2D eigenvalue weighted by Crippen LogP contribution is 2.36. The fourth-order valence-corrected chi connectivity index (χ4v) is 4.02. The molecule has 0 aliphatic carbocycles. The van der Waals surface area contributed by atoms with Crippen molar-refractivity contribution in [3.63, 3.8) is 0 Å². The molecule has 0 atom stereocenters. The lowest BCUT2D eigenvalue weighted by atomic mass is 10.2. The van der Waals surface area contributed by atoms with Crippen LogP contribution < -0.4 is 0 Å². The van der Waals surface area contributed by atoms with Crippen molar-refractivity contribution >= 4 is 34.3 Å². The summed E-state index contributed by atoms with van der Waals surface area (Å²) >= 11 is 8.02. The highest BCUT2D eigenvalue weighted by Gasteiger charge is 2.11. The molecule has 0 spiro atoms. The Labute approximate surface area is 150 Å². The van der Waals surface area contributed by atoms with E-state index in [1.165, 1.54) is 26.3 Å². The van der Waals surface area contributed by atoms with Gasteiger partial charge in [0.2, 0.25) is 0 Å². The number of hydrogen-bond acceptors (Lipinski definition) is 1. The van der Waals surface area contributed by atoms with E-state index in [0.717, 1.165) is 11.6 Å². The Morgan fingerprint density at radius 2 is 1.54 bits per heavy atom. The average Bonchev–Trinajstić information content (AvgIpc) is 2.93. The van der Waals surface area contributed by atoms with Gasteiger partial charge in [0.15, 0.2) is 0 Å². The first-order valence-corrected chi connectivity index (χ1v) is 9.04. The Morgan fingerprint density at radius 3 is 2.29 bits per heavy atom. The first-order valence-electron chi connectivity index (χ1n) is 7.85. The average molecular weight is 350 g/mol. The van der Waals surface area contributed by atoms with E-state index in [4.69, 9.17) is 11.6 Å². The fraction of sp³-hybridized carbons (Fsp3) is 0.0476. The molecule has 0 aliphatic heterocycles. The predicted molar refractivity (Wildman–Crippen MR) is 103 cm³/mol. The normalized spacial score (nSPS) is 11.0. The topological polar surface area (TPSA) is 4.93 Å². The maximum absolute atomic E-state index is 6.24. The minimum Gasteiger partial charge on any atom is -0.342 e. The molecule has 3 aromatic carbocycles. The summed E-state index contributed by atoms with van der Waals surface area (Å²) in [7, 11) is 0. The summed E-state index contributed by atoms with van der Waals surface area (Å²) in [6.45, 7) is 0.855.